The SMILES string of the molecule is Nc1ccc(-c2cc(N3CCOCC3)nc(Nc3ccc(N4CCOCC4)cc3)n2)cc1. The summed E-state index contributed by atoms with van der Waals surface area (Å²) in [5.41, 5.74) is 10.6. The summed E-state index contributed by atoms with van der Waals surface area (Å²) in [4.78, 5) is 14.2. The number of nitrogens with one attached hydrogen (secondary N) is 1. The number of aromatic nitrogens is 2. The molecule has 0 amide bonds. The van der Waals surface area contributed by atoms with Gasteiger partial charge < -0.3 is 30.3 Å². The van der Waals surface area contributed by atoms with Crippen LogP contribution in [0.2, 0.25) is 0 Å². The van der Waals surface area contributed by atoms with Crippen LogP contribution in [-0.4, -0.2) is 62.6 Å². The van der Waals surface area contributed by atoms with Crippen LogP contribution in [0, 0.1) is 0 Å². The monoisotopic (exact) mass is 432 g/mol. The number of nitrogens with zero attached hydrogens (tertiary/aromatic N) is 4. The van der Waals surface area contributed by atoms with Crippen molar-refractivity contribution in [1.82, 2.24) is 9.97 Å². The number of hydrogen-bond donors (Lipinski definition) is 2. The molecule has 0 spiro atoms. The summed E-state index contributed by atoms with van der Waals surface area (Å²) in [5.74, 6) is 1.46. The summed E-state index contributed by atoms with van der Waals surface area (Å²) in [6, 6.07) is 18.2. The molecular formula is C24H28N6O2. The van der Waals surface area contributed by atoms with E-state index in [9.17, 15) is 0 Å². The van der Waals surface area contributed by atoms with Crippen LogP contribution in [0.15, 0.2) is 54.6 Å². The van der Waals surface area contributed by atoms with E-state index in [2.05, 4.69) is 39.4 Å². The Morgan fingerprint density at radius 3 is 2.03 bits per heavy atom. The molecule has 0 radical (unpaired) electrons. The third-order valence-electron chi connectivity index (χ3n) is 5.75. The molecule has 3 aromatic rings. The molecule has 3 heterocycles. The molecule has 0 aliphatic carbocycles. The lowest BCUT2D eigenvalue weighted by Crippen LogP contribution is -2.36. The number of nitrogens with two attached hydrogens (primary N) is 1. The minimum absolute atomic E-state index is 0.569. The van der Waals surface area contributed by atoms with Gasteiger partial charge in [0.25, 0.3) is 0 Å². The number of hydrogen-bond acceptors (Lipinski definition) is 8. The predicted molar refractivity (Wildman–Crippen MR) is 128 cm³/mol. The van der Waals surface area contributed by atoms with Gasteiger partial charge in [-0.2, -0.15) is 4.98 Å². The van der Waals surface area contributed by atoms with Crippen molar-refractivity contribution in [3.05, 3.63) is 54.6 Å². The quantitative estimate of drug-likeness (QED) is 0.595. The molecule has 3 N–H and O–H groups in total. The molecule has 0 saturated carbocycles. The Balaban J connectivity index is 1.41. The van der Waals surface area contributed by atoms with Crippen molar-refractivity contribution >= 4 is 28.8 Å². The smallest absolute Gasteiger partial charge is 0.229 e. The van der Waals surface area contributed by atoms with E-state index in [1.54, 1.807) is 0 Å². The second-order valence-corrected chi connectivity index (χ2v) is 7.93. The lowest BCUT2D eigenvalue weighted by molar-refractivity contribution is 0.122. The average Bonchev–Trinajstić information content (AvgIpc) is 2.86. The maximum Gasteiger partial charge on any atom is 0.229 e. The minimum Gasteiger partial charge on any atom is -0.399 e. The lowest BCUT2D eigenvalue weighted by atomic mass is 10.1. The van der Waals surface area contributed by atoms with Crippen LogP contribution in [0.25, 0.3) is 11.3 Å². The summed E-state index contributed by atoms with van der Waals surface area (Å²) < 4.78 is 11.0. The Kier molecular flexibility index (Phi) is 6.04. The van der Waals surface area contributed by atoms with Crippen LogP contribution < -0.4 is 20.9 Å². The highest BCUT2D eigenvalue weighted by Crippen LogP contribution is 2.27. The van der Waals surface area contributed by atoms with Crippen LogP contribution in [0.1, 0.15) is 0 Å². The van der Waals surface area contributed by atoms with Crippen molar-refractivity contribution in [1.29, 1.82) is 0 Å². The van der Waals surface area contributed by atoms with Crippen LogP contribution >= 0.6 is 0 Å². The van der Waals surface area contributed by atoms with Crippen molar-refractivity contribution in [2.24, 2.45) is 0 Å². The molecule has 2 saturated heterocycles. The summed E-state index contributed by atoms with van der Waals surface area (Å²) in [7, 11) is 0. The standard InChI is InChI=1S/C24H28N6O2/c25-19-3-1-18(2-4-19)22-17-23(30-11-15-32-16-12-30)28-24(27-22)26-20-5-7-21(8-6-20)29-9-13-31-14-10-29/h1-8,17H,9-16,25H2,(H,26,27,28). The van der Waals surface area contributed by atoms with Gasteiger partial charge in [-0.25, -0.2) is 4.98 Å². The van der Waals surface area contributed by atoms with Gasteiger partial charge >= 0.3 is 0 Å². The molecule has 2 fully saturated rings. The number of nitrogen functional groups attached to an aromatic ring is 1. The predicted octanol–water partition coefficient (Wildman–Crippen LogP) is 3.14. The molecule has 1 aromatic heterocycles. The van der Waals surface area contributed by atoms with Crippen LogP contribution in [0.4, 0.5) is 28.8 Å². The molecule has 8 heteroatoms. The zero-order chi connectivity index (χ0) is 21.8. The Bertz CT molecular complexity index is 1030. The Labute approximate surface area is 188 Å². The lowest BCUT2D eigenvalue weighted by Gasteiger charge is -2.29. The van der Waals surface area contributed by atoms with E-state index in [0.717, 1.165) is 67.8 Å². The van der Waals surface area contributed by atoms with E-state index >= 15 is 0 Å². The van der Waals surface area contributed by atoms with Crippen molar-refractivity contribution in [2.75, 3.05) is 73.5 Å². The highest BCUT2D eigenvalue weighted by atomic mass is 16.5. The highest BCUT2D eigenvalue weighted by Gasteiger charge is 2.16. The Morgan fingerprint density at radius 2 is 1.38 bits per heavy atom. The molecule has 5 rings (SSSR count). The average molecular weight is 433 g/mol. The molecule has 0 unspecified atom stereocenters. The second kappa shape index (κ2) is 9.42. The molecular weight excluding hydrogens is 404 g/mol. The van der Waals surface area contributed by atoms with Gasteiger partial charge in [-0.3, -0.25) is 0 Å². The topological polar surface area (TPSA) is 88.8 Å². The second-order valence-electron chi connectivity index (χ2n) is 7.93. The number of anilines is 5. The zero-order valence-corrected chi connectivity index (χ0v) is 18.0. The largest absolute Gasteiger partial charge is 0.399 e. The first-order valence-electron chi connectivity index (χ1n) is 11.0. The van der Waals surface area contributed by atoms with Gasteiger partial charge in [0, 0.05) is 54.9 Å². The maximum absolute atomic E-state index is 5.87. The van der Waals surface area contributed by atoms with Gasteiger partial charge in [-0.1, -0.05) is 12.1 Å². The minimum atomic E-state index is 0.569. The van der Waals surface area contributed by atoms with Crippen molar-refractivity contribution < 1.29 is 9.47 Å². The van der Waals surface area contributed by atoms with Crippen LogP contribution in [0.3, 0.4) is 0 Å². The fourth-order valence-corrected chi connectivity index (χ4v) is 3.95. The van der Waals surface area contributed by atoms with E-state index in [1.807, 2.05) is 30.3 Å². The van der Waals surface area contributed by atoms with E-state index < -0.39 is 0 Å². The molecule has 0 bridgehead atoms. The van der Waals surface area contributed by atoms with Crippen LogP contribution in [0.5, 0.6) is 0 Å². The molecule has 2 aliphatic rings. The van der Waals surface area contributed by atoms with Gasteiger partial charge in [0.15, 0.2) is 0 Å². The number of rotatable bonds is 5. The number of morpholine rings is 2. The third kappa shape index (κ3) is 4.76. The number of benzene rings is 2. The van der Waals surface area contributed by atoms with E-state index in [4.69, 9.17) is 25.2 Å². The van der Waals surface area contributed by atoms with Gasteiger partial charge in [0.05, 0.1) is 32.1 Å². The molecule has 2 aromatic carbocycles. The molecule has 2 aliphatic heterocycles. The first-order chi connectivity index (χ1) is 15.7. The summed E-state index contributed by atoms with van der Waals surface area (Å²) in [5, 5.41) is 3.39. The van der Waals surface area contributed by atoms with Crippen LogP contribution in [-0.2, 0) is 9.47 Å². The Hall–Kier alpha value is -3.36. The Morgan fingerprint density at radius 1 is 0.750 bits per heavy atom. The highest BCUT2D eigenvalue weighted by molar-refractivity contribution is 5.68. The third-order valence-corrected chi connectivity index (χ3v) is 5.75. The molecule has 8 nitrogen and oxygen atoms in total. The molecule has 32 heavy (non-hydrogen) atoms. The van der Waals surface area contributed by atoms with Crippen molar-refractivity contribution in [3.8, 4) is 11.3 Å². The summed E-state index contributed by atoms with van der Waals surface area (Å²) in [6.45, 7) is 6.41. The fourth-order valence-electron chi connectivity index (χ4n) is 3.95. The first-order valence-corrected chi connectivity index (χ1v) is 11.0. The molecule has 166 valence electrons. The summed E-state index contributed by atoms with van der Waals surface area (Å²) >= 11 is 0. The summed E-state index contributed by atoms with van der Waals surface area (Å²) in [6.07, 6.45) is 0. The maximum atomic E-state index is 5.87. The van der Waals surface area contributed by atoms with E-state index in [0.29, 0.717) is 19.2 Å². The van der Waals surface area contributed by atoms with Gasteiger partial charge in [0.2, 0.25) is 5.95 Å². The van der Waals surface area contributed by atoms with Gasteiger partial charge in [-0.05, 0) is 36.4 Å². The first kappa shape index (κ1) is 20.5. The number of ether oxygens (including phenoxy) is 2. The van der Waals surface area contributed by atoms with Gasteiger partial charge in [0.1, 0.15) is 5.82 Å². The normalized spacial score (nSPS) is 16.8. The van der Waals surface area contributed by atoms with Gasteiger partial charge in [-0.15, -0.1) is 0 Å². The van der Waals surface area contributed by atoms with E-state index in [1.165, 1.54) is 5.69 Å². The molecule has 0 atom stereocenters. The van der Waals surface area contributed by atoms with E-state index in [-0.39, 0.29) is 0 Å². The van der Waals surface area contributed by atoms with Crippen molar-refractivity contribution in [2.45, 2.75) is 0 Å². The van der Waals surface area contributed by atoms with Crippen molar-refractivity contribution in [3.63, 3.8) is 0 Å². The zero-order valence-electron chi connectivity index (χ0n) is 18.0. The fraction of sp³-hybridized carbons (Fsp3) is 0.333.